The van der Waals surface area contributed by atoms with Crippen LogP contribution in [0.3, 0.4) is 0 Å². The van der Waals surface area contributed by atoms with Crippen LogP contribution in [-0.4, -0.2) is 38.7 Å². The first-order chi connectivity index (χ1) is 15.6. The average molecular weight is 447 g/mol. The van der Waals surface area contributed by atoms with E-state index in [-0.39, 0.29) is 11.4 Å². The minimum atomic E-state index is -0.123. The van der Waals surface area contributed by atoms with Crippen molar-refractivity contribution in [3.63, 3.8) is 0 Å². The van der Waals surface area contributed by atoms with E-state index >= 15 is 0 Å². The molecule has 0 spiro atoms. The molecule has 0 saturated carbocycles. The van der Waals surface area contributed by atoms with E-state index in [4.69, 9.17) is 10.1 Å². The maximum atomic E-state index is 13.0. The second kappa shape index (κ2) is 9.28. The topological polar surface area (TPSA) is 51.0 Å². The molecule has 0 N–H and O–H groups in total. The number of aromatic nitrogens is 3. The van der Waals surface area contributed by atoms with Gasteiger partial charge in [0.25, 0.3) is 0 Å². The maximum Gasteiger partial charge on any atom is 0.222 e. The summed E-state index contributed by atoms with van der Waals surface area (Å²) < 4.78 is 2.03. The molecule has 3 heterocycles. The number of amides is 1. The van der Waals surface area contributed by atoms with Crippen LogP contribution in [0, 0.1) is 26.7 Å². The predicted octanol–water partition coefficient (Wildman–Crippen LogP) is 5.53. The Labute approximate surface area is 198 Å². The van der Waals surface area contributed by atoms with Gasteiger partial charge >= 0.3 is 0 Å². The largest absolute Gasteiger partial charge is 0.343 e. The fraction of sp³-hybridized carbons (Fsp3) is 0.536. The van der Waals surface area contributed by atoms with Gasteiger partial charge in [-0.05, 0) is 89.8 Å². The van der Waals surface area contributed by atoms with Gasteiger partial charge in [0.15, 0.2) is 5.65 Å². The lowest BCUT2D eigenvalue weighted by Crippen LogP contribution is -2.39. The lowest BCUT2D eigenvalue weighted by Gasteiger charge is -2.32. The highest BCUT2D eigenvalue weighted by molar-refractivity contribution is 5.84. The normalized spacial score (nSPS) is 15.4. The summed E-state index contributed by atoms with van der Waals surface area (Å²) in [5, 5.41) is 5.93. The van der Waals surface area contributed by atoms with Crippen LogP contribution in [0.1, 0.15) is 68.1 Å². The SMILES string of the molecule is Cc1nc2c(c(C)nn2C(C)(C)C)c(C)c1CCC(=O)N1CCC(Cc2ccccc2)CC1. The zero-order chi connectivity index (χ0) is 23.8. The maximum absolute atomic E-state index is 13.0. The lowest BCUT2D eigenvalue weighted by molar-refractivity contribution is -0.132. The number of carbonyl (C=O) groups excluding carboxylic acids is 1. The fourth-order valence-electron chi connectivity index (χ4n) is 5.27. The van der Waals surface area contributed by atoms with Gasteiger partial charge in [-0.3, -0.25) is 4.79 Å². The number of rotatable bonds is 5. The summed E-state index contributed by atoms with van der Waals surface area (Å²) in [5.74, 6) is 0.948. The number of piperidine rings is 1. The summed E-state index contributed by atoms with van der Waals surface area (Å²) in [5.41, 5.74) is 6.68. The van der Waals surface area contributed by atoms with Crippen molar-refractivity contribution in [2.24, 2.45) is 5.92 Å². The van der Waals surface area contributed by atoms with E-state index in [1.807, 2.05) is 4.68 Å². The number of benzene rings is 1. The first kappa shape index (κ1) is 23.5. The molecule has 1 aromatic carbocycles. The first-order valence-corrected chi connectivity index (χ1v) is 12.3. The van der Waals surface area contributed by atoms with E-state index < -0.39 is 0 Å². The molecule has 176 valence electrons. The summed E-state index contributed by atoms with van der Waals surface area (Å²) >= 11 is 0. The zero-order valence-electron chi connectivity index (χ0n) is 21.1. The van der Waals surface area contributed by atoms with Gasteiger partial charge in [0.2, 0.25) is 5.91 Å². The molecule has 1 fully saturated rings. The van der Waals surface area contributed by atoms with Gasteiger partial charge in [-0.2, -0.15) is 5.10 Å². The highest BCUT2D eigenvalue weighted by Crippen LogP contribution is 2.30. The van der Waals surface area contributed by atoms with Crippen LogP contribution in [0.25, 0.3) is 11.0 Å². The van der Waals surface area contributed by atoms with Crippen LogP contribution < -0.4 is 0 Å². The number of nitrogens with zero attached hydrogens (tertiary/aromatic N) is 4. The molecule has 5 heteroatoms. The Bertz CT molecular complexity index is 1130. The second-order valence-electron chi connectivity index (χ2n) is 10.7. The molecule has 2 aromatic heterocycles. The minimum absolute atomic E-state index is 0.123. The molecule has 0 unspecified atom stereocenters. The highest BCUT2D eigenvalue weighted by atomic mass is 16.2. The quantitative estimate of drug-likeness (QED) is 0.518. The molecule has 1 amide bonds. The molecule has 0 aliphatic carbocycles. The Kier molecular flexibility index (Phi) is 6.60. The standard InChI is InChI=1S/C28H38N4O/c1-19-24(20(2)29-27-26(19)21(3)30-32(27)28(4,5)6)12-13-25(33)31-16-14-23(15-17-31)18-22-10-8-7-9-11-22/h7-11,23H,12-18H2,1-6H3. The predicted molar refractivity (Wildman–Crippen MR) is 135 cm³/mol. The van der Waals surface area contributed by atoms with E-state index in [9.17, 15) is 4.79 Å². The summed E-state index contributed by atoms with van der Waals surface area (Å²) in [4.78, 5) is 20.0. The van der Waals surface area contributed by atoms with Gasteiger partial charge in [-0.25, -0.2) is 9.67 Å². The van der Waals surface area contributed by atoms with E-state index in [0.29, 0.717) is 12.3 Å². The molecule has 0 radical (unpaired) electrons. The third kappa shape index (κ3) is 4.97. The van der Waals surface area contributed by atoms with Gasteiger partial charge < -0.3 is 4.90 Å². The summed E-state index contributed by atoms with van der Waals surface area (Å²) in [6.45, 7) is 14.5. The number of hydrogen-bond acceptors (Lipinski definition) is 3. The smallest absolute Gasteiger partial charge is 0.222 e. The molecule has 1 aliphatic rings. The van der Waals surface area contributed by atoms with Crippen molar-refractivity contribution in [1.82, 2.24) is 19.7 Å². The van der Waals surface area contributed by atoms with E-state index in [0.717, 1.165) is 61.2 Å². The Morgan fingerprint density at radius 2 is 1.70 bits per heavy atom. The second-order valence-corrected chi connectivity index (χ2v) is 10.7. The van der Waals surface area contributed by atoms with Crippen molar-refractivity contribution in [3.8, 4) is 0 Å². The van der Waals surface area contributed by atoms with Crippen molar-refractivity contribution in [3.05, 3.63) is 58.4 Å². The molecule has 1 saturated heterocycles. The van der Waals surface area contributed by atoms with Crippen LogP contribution in [0.2, 0.25) is 0 Å². The van der Waals surface area contributed by atoms with Crippen molar-refractivity contribution in [2.45, 2.75) is 79.2 Å². The summed E-state index contributed by atoms with van der Waals surface area (Å²) in [6, 6.07) is 10.7. The number of aryl methyl sites for hydroxylation is 3. The number of carbonyl (C=O) groups is 1. The molecule has 1 aliphatic heterocycles. The summed E-state index contributed by atoms with van der Waals surface area (Å²) in [7, 11) is 0. The number of likely N-dealkylation sites (tertiary alicyclic amines) is 1. The number of fused-ring (bicyclic) bond motifs is 1. The molecular weight excluding hydrogens is 408 g/mol. The lowest BCUT2D eigenvalue weighted by atomic mass is 9.90. The Hall–Kier alpha value is -2.69. The minimum Gasteiger partial charge on any atom is -0.343 e. The van der Waals surface area contributed by atoms with E-state index in [1.165, 1.54) is 16.7 Å². The molecule has 33 heavy (non-hydrogen) atoms. The van der Waals surface area contributed by atoms with Crippen LogP contribution >= 0.6 is 0 Å². The van der Waals surface area contributed by atoms with Crippen LogP contribution in [0.4, 0.5) is 0 Å². The van der Waals surface area contributed by atoms with Crippen LogP contribution in [0.15, 0.2) is 30.3 Å². The van der Waals surface area contributed by atoms with Crippen LogP contribution in [0.5, 0.6) is 0 Å². The van der Waals surface area contributed by atoms with Crippen molar-refractivity contribution >= 4 is 16.9 Å². The van der Waals surface area contributed by atoms with Gasteiger partial charge in [0.05, 0.1) is 11.2 Å². The third-order valence-corrected chi connectivity index (χ3v) is 7.13. The van der Waals surface area contributed by atoms with Gasteiger partial charge in [-0.1, -0.05) is 30.3 Å². The molecular formula is C28H38N4O. The van der Waals surface area contributed by atoms with Crippen molar-refractivity contribution < 1.29 is 4.79 Å². The number of pyridine rings is 1. The summed E-state index contributed by atoms with van der Waals surface area (Å²) in [6.07, 6.45) is 4.59. The zero-order valence-corrected chi connectivity index (χ0v) is 21.1. The molecule has 0 atom stereocenters. The van der Waals surface area contributed by atoms with E-state index in [2.05, 4.69) is 76.8 Å². The molecule has 3 aromatic rings. The average Bonchev–Trinajstić information content (AvgIpc) is 3.11. The fourth-order valence-corrected chi connectivity index (χ4v) is 5.27. The monoisotopic (exact) mass is 446 g/mol. The van der Waals surface area contributed by atoms with Crippen molar-refractivity contribution in [1.29, 1.82) is 0 Å². The van der Waals surface area contributed by atoms with Gasteiger partial charge in [0, 0.05) is 30.6 Å². The Morgan fingerprint density at radius 3 is 2.33 bits per heavy atom. The van der Waals surface area contributed by atoms with E-state index in [1.54, 1.807) is 0 Å². The molecule has 4 rings (SSSR count). The van der Waals surface area contributed by atoms with Crippen molar-refractivity contribution in [2.75, 3.05) is 13.1 Å². The first-order valence-electron chi connectivity index (χ1n) is 12.3. The third-order valence-electron chi connectivity index (χ3n) is 7.13. The van der Waals surface area contributed by atoms with Crippen LogP contribution in [-0.2, 0) is 23.2 Å². The number of hydrogen-bond donors (Lipinski definition) is 0. The van der Waals surface area contributed by atoms with Gasteiger partial charge in [-0.15, -0.1) is 0 Å². The molecule has 0 bridgehead atoms. The Morgan fingerprint density at radius 1 is 1.03 bits per heavy atom. The molecule has 5 nitrogen and oxygen atoms in total. The highest BCUT2D eigenvalue weighted by Gasteiger charge is 2.25. The van der Waals surface area contributed by atoms with Gasteiger partial charge in [0.1, 0.15) is 0 Å². The Balaban J connectivity index is 1.40.